The van der Waals surface area contributed by atoms with Gasteiger partial charge in [-0.15, -0.1) is 0 Å². The van der Waals surface area contributed by atoms with Gasteiger partial charge < -0.3 is 5.32 Å². The van der Waals surface area contributed by atoms with E-state index in [4.69, 9.17) is 0 Å². The van der Waals surface area contributed by atoms with Crippen LogP contribution in [0.1, 0.15) is 21.7 Å². The average Bonchev–Trinajstić information content (AvgIpc) is 2.36. The molecule has 2 aromatic rings. The normalized spacial score (nSPS) is 10.3. The number of hydrogen-bond acceptors (Lipinski definition) is 3. The van der Waals surface area contributed by atoms with Crippen LogP contribution < -0.4 is 5.32 Å². The van der Waals surface area contributed by atoms with E-state index >= 15 is 0 Å². The van der Waals surface area contributed by atoms with Crippen molar-refractivity contribution in [1.82, 2.24) is 10.2 Å². The molecular weight excluding hydrogens is 313 g/mol. The minimum Gasteiger partial charge on any atom is -0.322 e. The maximum atomic E-state index is 13.1. The number of carbonyl (C=O) groups excluding carboxylic acids is 1. The molecule has 0 unspecified atom stereocenters. The first-order valence-electron chi connectivity index (χ1n) is 5.54. The summed E-state index contributed by atoms with van der Waals surface area (Å²) < 4.78 is 13.4. The predicted molar refractivity (Wildman–Crippen MR) is 73.6 cm³/mol. The molecule has 6 heteroatoms. The van der Waals surface area contributed by atoms with Crippen LogP contribution in [-0.4, -0.2) is 16.1 Å². The largest absolute Gasteiger partial charge is 0.322 e. The van der Waals surface area contributed by atoms with Gasteiger partial charge in [-0.3, -0.25) is 4.79 Å². The lowest BCUT2D eigenvalue weighted by atomic mass is 10.2. The molecule has 4 nitrogen and oxygen atoms in total. The van der Waals surface area contributed by atoms with Crippen molar-refractivity contribution in [2.24, 2.45) is 0 Å². The number of aromatic nitrogens is 2. The zero-order valence-electron chi connectivity index (χ0n) is 10.4. The van der Waals surface area contributed by atoms with Crippen molar-refractivity contribution in [2.45, 2.75) is 13.8 Å². The van der Waals surface area contributed by atoms with E-state index in [1.54, 1.807) is 19.9 Å². The lowest BCUT2D eigenvalue weighted by Gasteiger charge is -2.08. The molecule has 0 fully saturated rings. The minimum absolute atomic E-state index is 0.297. The van der Waals surface area contributed by atoms with Crippen molar-refractivity contribution in [3.8, 4) is 0 Å². The number of benzene rings is 1. The van der Waals surface area contributed by atoms with E-state index in [1.807, 2.05) is 0 Å². The fourth-order valence-corrected chi connectivity index (χ4v) is 1.93. The van der Waals surface area contributed by atoms with Gasteiger partial charge in [0, 0.05) is 5.69 Å². The van der Waals surface area contributed by atoms with E-state index in [-0.39, 0.29) is 11.7 Å². The molecule has 0 bridgehead atoms. The van der Waals surface area contributed by atoms with E-state index < -0.39 is 0 Å². The SMILES string of the molecule is Cc1cc(C(=O)Nc2ccc(F)c(Br)c2)c(C)nn1. The Morgan fingerprint density at radius 3 is 2.68 bits per heavy atom. The van der Waals surface area contributed by atoms with E-state index in [2.05, 4.69) is 31.4 Å². The van der Waals surface area contributed by atoms with Gasteiger partial charge in [-0.25, -0.2) is 4.39 Å². The molecule has 19 heavy (non-hydrogen) atoms. The monoisotopic (exact) mass is 323 g/mol. The summed E-state index contributed by atoms with van der Waals surface area (Å²) in [4.78, 5) is 12.1. The highest BCUT2D eigenvalue weighted by atomic mass is 79.9. The van der Waals surface area contributed by atoms with E-state index in [9.17, 15) is 9.18 Å². The van der Waals surface area contributed by atoms with Crippen LogP contribution in [0.3, 0.4) is 0 Å². The van der Waals surface area contributed by atoms with Crippen LogP contribution in [0.2, 0.25) is 0 Å². The van der Waals surface area contributed by atoms with Gasteiger partial charge in [0.25, 0.3) is 5.91 Å². The second-order valence-corrected chi connectivity index (χ2v) is 4.92. The van der Waals surface area contributed by atoms with Crippen LogP contribution in [0.15, 0.2) is 28.7 Å². The molecule has 0 aliphatic heterocycles. The summed E-state index contributed by atoms with van der Waals surface area (Å²) >= 11 is 3.07. The van der Waals surface area contributed by atoms with E-state index in [0.29, 0.717) is 27.1 Å². The number of nitrogens with zero attached hydrogens (tertiary/aromatic N) is 2. The molecule has 0 saturated carbocycles. The maximum Gasteiger partial charge on any atom is 0.257 e. The van der Waals surface area contributed by atoms with Crippen LogP contribution in [0, 0.1) is 19.7 Å². The summed E-state index contributed by atoms with van der Waals surface area (Å²) in [5.41, 5.74) is 2.17. The number of nitrogens with one attached hydrogen (secondary N) is 1. The second kappa shape index (κ2) is 5.44. The number of carbonyl (C=O) groups is 1. The molecule has 1 aromatic heterocycles. The highest BCUT2D eigenvalue weighted by Gasteiger charge is 2.12. The predicted octanol–water partition coefficient (Wildman–Crippen LogP) is 3.25. The first kappa shape index (κ1) is 13.6. The molecule has 0 atom stereocenters. The minimum atomic E-state index is -0.379. The Hall–Kier alpha value is -1.82. The lowest BCUT2D eigenvalue weighted by molar-refractivity contribution is 0.102. The van der Waals surface area contributed by atoms with Crippen molar-refractivity contribution in [2.75, 3.05) is 5.32 Å². The summed E-state index contributed by atoms with van der Waals surface area (Å²) in [7, 11) is 0. The number of anilines is 1. The summed E-state index contributed by atoms with van der Waals surface area (Å²) in [5.74, 6) is -0.676. The topological polar surface area (TPSA) is 54.9 Å². The van der Waals surface area contributed by atoms with E-state index in [1.165, 1.54) is 18.2 Å². The fourth-order valence-electron chi connectivity index (χ4n) is 1.55. The number of aryl methyl sites for hydroxylation is 2. The van der Waals surface area contributed by atoms with Gasteiger partial charge in [-0.1, -0.05) is 0 Å². The third-order valence-electron chi connectivity index (χ3n) is 2.52. The average molecular weight is 324 g/mol. The Bertz CT molecular complexity index is 646. The summed E-state index contributed by atoms with van der Waals surface area (Å²) in [5, 5.41) is 10.5. The van der Waals surface area contributed by atoms with Crippen LogP contribution in [0.4, 0.5) is 10.1 Å². The highest BCUT2D eigenvalue weighted by molar-refractivity contribution is 9.10. The molecular formula is C13H11BrFN3O. The zero-order valence-corrected chi connectivity index (χ0v) is 12.0. The number of amides is 1. The van der Waals surface area contributed by atoms with Crippen molar-refractivity contribution in [3.63, 3.8) is 0 Å². The van der Waals surface area contributed by atoms with Gasteiger partial charge >= 0.3 is 0 Å². The third-order valence-corrected chi connectivity index (χ3v) is 3.13. The Morgan fingerprint density at radius 2 is 2.00 bits per heavy atom. The lowest BCUT2D eigenvalue weighted by Crippen LogP contribution is -2.15. The Kier molecular flexibility index (Phi) is 3.90. The molecule has 0 aliphatic rings. The Balaban J connectivity index is 2.25. The van der Waals surface area contributed by atoms with Crippen LogP contribution in [-0.2, 0) is 0 Å². The molecule has 1 aromatic carbocycles. The molecule has 0 spiro atoms. The van der Waals surface area contributed by atoms with Crippen LogP contribution in [0.25, 0.3) is 0 Å². The quantitative estimate of drug-likeness (QED) is 0.923. The Labute approximate surface area is 118 Å². The molecule has 1 amide bonds. The molecule has 0 aliphatic carbocycles. The molecule has 1 heterocycles. The number of rotatable bonds is 2. The van der Waals surface area contributed by atoms with Gasteiger partial charge in [0.15, 0.2) is 0 Å². The molecule has 1 N–H and O–H groups in total. The molecule has 2 rings (SSSR count). The van der Waals surface area contributed by atoms with Gasteiger partial charge in [0.2, 0.25) is 0 Å². The third kappa shape index (κ3) is 3.14. The second-order valence-electron chi connectivity index (χ2n) is 4.07. The number of halogens is 2. The molecule has 0 saturated heterocycles. The first-order valence-corrected chi connectivity index (χ1v) is 6.34. The van der Waals surface area contributed by atoms with Crippen molar-refractivity contribution in [3.05, 3.63) is 51.5 Å². The molecule has 0 radical (unpaired) electrons. The molecule has 98 valence electrons. The fraction of sp³-hybridized carbons (Fsp3) is 0.154. The summed E-state index contributed by atoms with van der Waals surface area (Å²) in [6.07, 6.45) is 0. The maximum absolute atomic E-state index is 13.1. The van der Waals surface area contributed by atoms with Crippen LogP contribution in [0.5, 0.6) is 0 Å². The van der Waals surface area contributed by atoms with Crippen LogP contribution >= 0.6 is 15.9 Å². The van der Waals surface area contributed by atoms with Crippen molar-refractivity contribution in [1.29, 1.82) is 0 Å². The van der Waals surface area contributed by atoms with E-state index in [0.717, 1.165) is 0 Å². The summed E-state index contributed by atoms with van der Waals surface area (Å²) in [6, 6.07) is 5.94. The number of hydrogen-bond donors (Lipinski definition) is 1. The summed E-state index contributed by atoms with van der Waals surface area (Å²) in [6.45, 7) is 3.47. The van der Waals surface area contributed by atoms with Crippen molar-refractivity contribution < 1.29 is 9.18 Å². The van der Waals surface area contributed by atoms with Gasteiger partial charge in [0.1, 0.15) is 5.82 Å². The standard InChI is InChI=1S/C13H11BrFN3O/c1-7-5-10(8(2)18-17-7)13(19)16-9-3-4-12(15)11(14)6-9/h3-6H,1-2H3,(H,16,19). The van der Waals surface area contributed by atoms with Gasteiger partial charge in [-0.2, -0.15) is 10.2 Å². The highest BCUT2D eigenvalue weighted by Crippen LogP contribution is 2.20. The van der Waals surface area contributed by atoms with Gasteiger partial charge in [-0.05, 0) is 54.0 Å². The zero-order chi connectivity index (χ0) is 14.0. The van der Waals surface area contributed by atoms with Crippen molar-refractivity contribution >= 4 is 27.5 Å². The smallest absolute Gasteiger partial charge is 0.257 e. The van der Waals surface area contributed by atoms with Gasteiger partial charge in [0.05, 0.1) is 21.4 Å². The Morgan fingerprint density at radius 1 is 1.26 bits per heavy atom. The first-order chi connectivity index (χ1) is 8.97.